The van der Waals surface area contributed by atoms with Gasteiger partial charge in [-0.15, -0.1) is 0 Å². The number of nitrogens with zero attached hydrogens (tertiary/aromatic N) is 2. The number of aromatic nitrogens is 1. The van der Waals surface area contributed by atoms with Crippen LogP contribution in [0.25, 0.3) is 10.9 Å². The van der Waals surface area contributed by atoms with Gasteiger partial charge in [-0.05, 0) is 6.07 Å². The Morgan fingerprint density at radius 1 is 1.30 bits per heavy atom. The molecule has 2 N–H and O–H groups in total. The van der Waals surface area contributed by atoms with Gasteiger partial charge in [0, 0.05) is 25.7 Å². The number of benzene rings is 1. The summed E-state index contributed by atoms with van der Waals surface area (Å²) in [6.45, 7) is 0.0291. The maximum atomic E-state index is 11.6. The molecule has 6 heteroatoms. The lowest BCUT2D eigenvalue weighted by molar-refractivity contribution is -0.126. The zero-order valence-corrected chi connectivity index (χ0v) is 11.3. The van der Waals surface area contributed by atoms with E-state index in [2.05, 4.69) is 10.3 Å². The normalized spacial score (nSPS) is 10.3. The minimum absolute atomic E-state index is 0.0291. The second-order valence-electron chi connectivity index (χ2n) is 4.51. The summed E-state index contributed by atoms with van der Waals surface area (Å²) in [5.41, 5.74) is 1.14. The van der Waals surface area contributed by atoms with Gasteiger partial charge >= 0.3 is 5.97 Å². The molecule has 0 aliphatic heterocycles. The van der Waals surface area contributed by atoms with Crippen molar-refractivity contribution in [2.24, 2.45) is 0 Å². The molecule has 0 radical (unpaired) electrons. The van der Waals surface area contributed by atoms with E-state index in [1.807, 2.05) is 6.07 Å². The number of anilines is 1. The summed E-state index contributed by atoms with van der Waals surface area (Å²) < 4.78 is 0. The van der Waals surface area contributed by atoms with Crippen LogP contribution in [0.4, 0.5) is 5.69 Å². The van der Waals surface area contributed by atoms with Crippen molar-refractivity contribution in [2.75, 3.05) is 26.0 Å². The van der Waals surface area contributed by atoms with E-state index < -0.39 is 5.97 Å². The summed E-state index contributed by atoms with van der Waals surface area (Å²) in [4.78, 5) is 28.5. The Balaban J connectivity index is 2.44. The number of pyridine rings is 1. The zero-order valence-electron chi connectivity index (χ0n) is 11.3. The second-order valence-corrected chi connectivity index (χ2v) is 4.51. The number of rotatable bonds is 4. The fraction of sp³-hybridized carbons (Fsp3) is 0.214. The van der Waals surface area contributed by atoms with Crippen molar-refractivity contribution in [1.82, 2.24) is 9.88 Å². The van der Waals surface area contributed by atoms with Crippen LogP contribution in [0, 0.1) is 0 Å². The predicted octanol–water partition coefficient (Wildman–Crippen LogP) is 1.43. The predicted molar refractivity (Wildman–Crippen MR) is 75.9 cm³/mol. The summed E-state index contributed by atoms with van der Waals surface area (Å²) in [6.07, 6.45) is 1.30. The Bertz CT molecular complexity index is 668. The van der Waals surface area contributed by atoms with Gasteiger partial charge in [0.2, 0.25) is 5.91 Å². The molecule has 0 saturated carbocycles. The molecule has 0 atom stereocenters. The molecular formula is C14H15N3O3. The van der Waals surface area contributed by atoms with Crippen LogP contribution in [-0.4, -0.2) is 47.5 Å². The fourth-order valence-corrected chi connectivity index (χ4v) is 1.82. The molecule has 0 aliphatic carbocycles. The van der Waals surface area contributed by atoms with E-state index in [4.69, 9.17) is 0 Å². The van der Waals surface area contributed by atoms with Crippen LogP contribution < -0.4 is 5.32 Å². The van der Waals surface area contributed by atoms with Crippen LogP contribution in [-0.2, 0) is 4.79 Å². The van der Waals surface area contributed by atoms with E-state index >= 15 is 0 Å². The molecule has 104 valence electrons. The number of nitrogens with one attached hydrogen (secondary N) is 1. The lowest BCUT2D eigenvalue weighted by Gasteiger charge is -2.14. The average molecular weight is 273 g/mol. The summed E-state index contributed by atoms with van der Waals surface area (Å²) in [5.74, 6) is -1.22. The Hall–Kier alpha value is -2.63. The van der Waals surface area contributed by atoms with Gasteiger partial charge in [0.05, 0.1) is 17.7 Å². The molecule has 0 unspecified atom stereocenters. The SMILES string of the molecule is CN(C)C(=O)CNc1c(C(=O)O)cnc2ccccc12. The van der Waals surface area contributed by atoms with Crippen LogP contribution in [0.2, 0.25) is 0 Å². The Kier molecular flexibility index (Phi) is 3.84. The Labute approximate surface area is 116 Å². The number of aromatic carboxylic acids is 1. The maximum Gasteiger partial charge on any atom is 0.339 e. The highest BCUT2D eigenvalue weighted by molar-refractivity contribution is 6.04. The first kappa shape index (κ1) is 13.8. The molecule has 1 heterocycles. The van der Waals surface area contributed by atoms with Crippen molar-refractivity contribution in [3.05, 3.63) is 36.0 Å². The summed E-state index contributed by atoms with van der Waals surface area (Å²) in [7, 11) is 3.29. The van der Waals surface area contributed by atoms with Crippen LogP contribution in [0.1, 0.15) is 10.4 Å². The Morgan fingerprint density at radius 2 is 2.00 bits per heavy atom. The molecular weight excluding hydrogens is 258 g/mol. The molecule has 1 aromatic heterocycles. The van der Waals surface area contributed by atoms with Crippen molar-refractivity contribution in [2.45, 2.75) is 0 Å². The number of amides is 1. The molecule has 1 aromatic carbocycles. The Morgan fingerprint density at radius 3 is 2.65 bits per heavy atom. The second kappa shape index (κ2) is 5.56. The van der Waals surface area contributed by atoms with Crippen molar-refractivity contribution in [3.63, 3.8) is 0 Å². The van der Waals surface area contributed by atoms with Crippen LogP contribution in [0.5, 0.6) is 0 Å². The minimum atomic E-state index is -1.08. The van der Waals surface area contributed by atoms with Gasteiger partial charge < -0.3 is 15.3 Å². The van der Waals surface area contributed by atoms with E-state index in [0.717, 1.165) is 0 Å². The summed E-state index contributed by atoms with van der Waals surface area (Å²) in [6, 6.07) is 7.19. The molecule has 2 aromatic rings. The average Bonchev–Trinajstić information content (AvgIpc) is 2.43. The first-order valence-corrected chi connectivity index (χ1v) is 6.05. The summed E-state index contributed by atoms with van der Waals surface area (Å²) in [5, 5.41) is 12.8. The molecule has 20 heavy (non-hydrogen) atoms. The molecule has 2 rings (SSSR count). The topological polar surface area (TPSA) is 82.5 Å². The minimum Gasteiger partial charge on any atom is -0.478 e. The number of hydrogen-bond acceptors (Lipinski definition) is 4. The number of likely N-dealkylation sites (N-methyl/N-ethyl adjacent to an activating group) is 1. The monoisotopic (exact) mass is 273 g/mol. The fourth-order valence-electron chi connectivity index (χ4n) is 1.82. The number of para-hydroxylation sites is 1. The quantitative estimate of drug-likeness (QED) is 0.880. The molecule has 6 nitrogen and oxygen atoms in total. The van der Waals surface area contributed by atoms with E-state index in [-0.39, 0.29) is 18.0 Å². The van der Waals surface area contributed by atoms with Crippen molar-refractivity contribution in [1.29, 1.82) is 0 Å². The molecule has 1 amide bonds. The van der Waals surface area contributed by atoms with Crippen molar-refractivity contribution < 1.29 is 14.7 Å². The van der Waals surface area contributed by atoms with Gasteiger partial charge in [-0.3, -0.25) is 9.78 Å². The highest BCUT2D eigenvalue weighted by atomic mass is 16.4. The van der Waals surface area contributed by atoms with Crippen molar-refractivity contribution >= 4 is 28.5 Å². The van der Waals surface area contributed by atoms with Gasteiger partial charge in [-0.2, -0.15) is 0 Å². The number of carbonyl (C=O) groups is 2. The van der Waals surface area contributed by atoms with Crippen LogP contribution in [0.3, 0.4) is 0 Å². The van der Waals surface area contributed by atoms with Crippen molar-refractivity contribution in [3.8, 4) is 0 Å². The third kappa shape index (κ3) is 2.69. The first-order valence-electron chi connectivity index (χ1n) is 6.05. The van der Waals surface area contributed by atoms with Gasteiger partial charge in [0.15, 0.2) is 0 Å². The number of carboxylic acids is 1. The van der Waals surface area contributed by atoms with E-state index in [9.17, 15) is 14.7 Å². The highest BCUT2D eigenvalue weighted by Crippen LogP contribution is 2.25. The van der Waals surface area contributed by atoms with Crippen LogP contribution >= 0.6 is 0 Å². The third-order valence-corrected chi connectivity index (χ3v) is 2.92. The molecule has 0 saturated heterocycles. The third-order valence-electron chi connectivity index (χ3n) is 2.92. The van der Waals surface area contributed by atoms with Gasteiger partial charge in [-0.25, -0.2) is 4.79 Å². The van der Waals surface area contributed by atoms with E-state index in [1.165, 1.54) is 11.1 Å². The smallest absolute Gasteiger partial charge is 0.339 e. The number of hydrogen-bond donors (Lipinski definition) is 2. The van der Waals surface area contributed by atoms with Gasteiger partial charge in [0.1, 0.15) is 5.56 Å². The highest BCUT2D eigenvalue weighted by Gasteiger charge is 2.15. The lowest BCUT2D eigenvalue weighted by Crippen LogP contribution is -2.29. The van der Waals surface area contributed by atoms with E-state index in [0.29, 0.717) is 16.6 Å². The number of fused-ring (bicyclic) bond motifs is 1. The standard InChI is InChI=1S/C14H15N3O3/c1-17(2)12(18)8-16-13-9-5-3-4-6-11(9)15-7-10(13)14(19)20/h3-7H,8H2,1-2H3,(H,15,16)(H,19,20). The lowest BCUT2D eigenvalue weighted by atomic mass is 10.1. The van der Waals surface area contributed by atoms with E-state index in [1.54, 1.807) is 32.3 Å². The molecule has 0 fully saturated rings. The largest absolute Gasteiger partial charge is 0.478 e. The van der Waals surface area contributed by atoms with Gasteiger partial charge in [0.25, 0.3) is 0 Å². The number of carboxylic acid groups (broad SMARTS) is 1. The zero-order chi connectivity index (χ0) is 14.7. The number of carbonyl (C=O) groups excluding carboxylic acids is 1. The van der Waals surface area contributed by atoms with Crippen LogP contribution in [0.15, 0.2) is 30.5 Å². The van der Waals surface area contributed by atoms with Gasteiger partial charge in [-0.1, -0.05) is 18.2 Å². The first-order chi connectivity index (χ1) is 9.50. The maximum absolute atomic E-state index is 11.6. The molecule has 0 spiro atoms. The molecule has 0 bridgehead atoms. The molecule has 0 aliphatic rings. The summed E-state index contributed by atoms with van der Waals surface area (Å²) >= 11 is 0.